The number of imidazole rings is 1. The molecule has 0 radical (unpaired) electrons. The molecular weight excluding hydrogens is 286 g/mol. The minimum absolute atomic E-state index is 0.185. The van der Waals surface area contributed by atoms with Crippen LogP contribution < -0.4 is 5.32 Å². The van der Waals surface area contributed by atoms with Crippen molar-refractivity contribution in [3.63, 3.8) is 0 Å². The highest BCUT2D eigenvalue weighted by Crippen LogP contribution is 2.27. The van der Waals surface area contributed by atoms with Crippen LogP contribution >= 0.6 is 0 Å². The summed E-state index contributed by atoms with van der Waals surface area (Å²) < 4.78 is 2.02. The summed E-state index contributed by atoms with van der Waals surface area (Å²) in [4.78, 5) is 16.5. The van der Waals surface area contributed by atoms with Crippen LogP contribution in [0.5, 0.6) is 0 Å². The summed E-state index contributed by atoms with van der Waals surface area (Å²) in [6, 6.07) is 5.97. The van der Waals surface area contributed by atoms with Crippen LogP contribution in [0.2, 0.25) is 0 Å². The third kappa shape index (κ3) is 4.81. The average molecular weight is 313 g/mol. The Balaban J connectivity index is 1.32. The summed E-state index contributed by atoms with van der Waals surface area (Å²) in [5.74, 6) is 1.05. The number of nitrogens with one attached hydrogen (secondary N) is 1. The van der Waals surface area contributed by atoms with E-state index in [-0.39, 0.29) is 5.91 Å². The van der Waals surface area contributed by atoms with Gasteiger partial charge in [0.1, 0.15) is 5.65 Å². The van der Waals surface area contributed by atoms with Crippen molar-refractivity contribution < 1.29 is 4.79 Å². The highest BCUT2D eigenvalue weighted by molar-refractivity contribution is 5.75. The second-order valence-corrected chi connectivity index (χ2v) is 6.69. The van der Waals surface area contributed by atoms with Gasteiger partial charge in [0.2, 0.25) is 5.91 Å². The van der Waals surface area contributed by atoms with E-state index in [1.54, 1.807) is 0 Å². The zero-order chi connectivity index (χ0) is 15.9. The maximum Gasteiger partial charge on any atom is 0.220 e. The van der Waals surface area contributed by atoms with E-state index < -0.39 is 0 Å². The Kier molecular flexibility index (Phi) is 5.67. The van der Waals surface area contributed by atoms with Crippen LogP contribution in [0.3, 0.4) is 0 Å². The van der Waals surface area contributed by atoms with E-state index >= 15 is 0 Å². The zero-order valence-electron chi connectivity index (χ0n) is 13.8. The maximum atomic E-state index is 11.9. The van der Waals surface area contributed by atoms with Gasteiger partial charge >= 0.3 is 0 Å². The van der Waals surface area contributed by atoms with Crippen LogP contribution in [0, 0.1) is 5.92 Å². The van der Waals surface area contributed by atoms with Crippen LogP contribution in [0.1, 0.15) is 57.1 Å². The lowest BCUT2D eigenvalue weighted by Gasteiger charge is -2.21. The van der Waals surface area contributed by atoms with Crippen molar-refractivity contribution >= 4 is 11.6 Å². The van der Waals surface area contributed by atoms with Gasteiger partial charge in [0.05, 0.1) is 5.69 Å². The third-order valence-electron chi connectivity index (χ3n) is 4.86. The first kappa shape index (κ1) is 16.0. The van der Waals surface area contributed by atoms with E-state index in [1.807, 2.05) is 35.0 Å². The molecule has 0 aromatic carbocycles. The zero-order valence-corrected chi connectivity index (χ0v) is 13.8. The van der Waals surface area contributed by atoms with E-state index in [1.165, 1.54) is 38.5 Å². The molecule has 0 unspecified atom stereocenters. The van der Waals surface area contributed by atoms with Gasteiger partial charge in [0, 0.05) is 31.8 Å². The molecule has 1 aliphatic carbocycles. The van der Waals surface area contributed by atoms with Crippen LogP contribution in [0.25, 0.3) is 5.65 Å². The van der Waals surface area contributed by atoms with Crippen molar-refractivity contribution in [2.24, 2.45) is 5.92 Å². The Bertz CT molecular complexity index is 595. The van der Waals surface area contributed by atoms with Crippen molar-refractivity contribution in [3.05, 3.63) is 36.3 Å². The second kappa shape index (κ2) is 8.14. The molecule has 2 aromatic heterocycles. The van der Waals surface area contributed by atoms with Crippen molar-refractivity contribution in [1.29, 1.82) is 0 Å². The first-order valence-electron chi connectivity index (χ1n) is 9.00. The maximum absolute atomic E-state index is 11.9. The lowest BCUT2D eigenvalue weighted by molar-refractivity contribution is -0.121. The topological polar surface area (TPSA) is 46.4 Å². The molecule has 2 aromatic rings. The molecule has 0 spiro atoms. The van der Waals surface area contributed by atoms with E-state index in [9.17, 15) is 4.79 Å². The largest absolute Gasteiger partial charge is 0.356 e. The molecule has 0 saturated heterocycles. The van der Waals surface area contributed by atoms with E-state index in [4.69, 9.17) is 0 Å². The second-order valence-electron chi connectivity index (χ2n) is 6.69. The van der Waals surface area contributed by atoms with E-state index in [0.717, 1.165) is 30.1 Å². The molecule has 1 fully saturated rings. The summed E-state index contributed by atoms with van der Waals surface area (Å²) in [6.07, 6.45) is 14.7. The molecule has 1 aliphatic rings. The van der Waals surface area contributed by atoms with Gasteiger partial charge in [-0.2, -0.15) is 0 Å². The number of fused-ring (bicyclic) bond motifs is 1. The van der Waals surface area contributed by atoms with Crippen molar-refractivity contribution in [3.8, 4) is 0 Å². The highest BCUT2D eigenvalue weighted by atomic mass is 16.1. The van der Waals surface area contributed by atoms with Crippen LogP contribution in [-0.2, 0) is 11.2 Å². The molecule has 0 aliphatic heterocycles. The normalized spacial score (nSPS) is 15.8. The summed E-state index contributed by atoms with van der Waals surface area (Å²) >= 11 is 0. The van der Waals surface area contributed by atoms with Gasteiger partial charge in [0.25, 0.3) is 0 Å². The number of hydrogen-bond acceptors (Lipinski definition) is 2. The van der Waals surface area contributed by atoms with Gasteiger partial charge in [-0.1, -0.05) is 38.2 Å². The molecule has 4 heteroatoms. The average Bonchev–Trinajstić information content (AvgIpc) is 2.98. The van der Waals surface area contributed by atoms with Gasteiger partial charge in [-0.05, 0) is 30.9 Å². The SMILES string of the molecule is O=C(CCCC1CCCCC1)NCCc1cn2ccccc2n1. The van der Waals surface area contributed by atoms with Gasteiger partial charge in [-0.25, -0.2) is 4.98 Å². The van der Waals surface area contributed by atoms with Crippen molar-refractivity contribution in [1.82, 2.24) is 14.7 Å². The van der Waals surface area contributed by atoms with E-state index in [2.05, 4.69) is 10.3 Å². The number of aromatic nitrogens is 2. The first-order chi connectivity index (χ1) is 11.3. The summed E-state index contributed by atoms with van der Waals surface area (Å²) in [5, 5.41) is 3.03. The molecule has 2 heterocycles. The quantitative estimate of drug-likeness (QED) is 0.846. The molecule has 4 nitrogen and oxygen atoms in total. The lowest BCUT2D eigenvalue weighted by Crippen LogP contribution is -2.25. The molecule has 3 rings (SSSR count). The minimum atomic E-state index is 0.185. The molecule has 0 bridgehead atoms. The number of pyridine rings is 1. The minimum Gasteiger partial charge on any atom is -0.356 e. The lowest BCUT2D eigenvalue weighted by atomic mass is 9.86. The molecule has 23 heavy (non-hydrogen) atoms. The predicted molar refractivity (Wildman–Crippen MR) is 92.3 cm³/mol. The Morgan fingerprint density at radius 3 is 2.96 bits per heavy atom. The number of carbonyl (C=O) groups is 1. The summed E-state index contributed by atoms with van der Waals surface area (Å²) in [7, 11) is 0. The van der Waals surface area contributed by atoms with Gasteiger partial charge in [-0.15, -0.1) is 0 Å². The molecule has 1 amide bonds. The molecule has 124 valence electrons. The monoisotopic (exact) mass is 313 g/mol. The summed E-state index contributed by atoms with van der Waals surface area (Å²) in [5.41, 5.74) is 1.99. The van der Waals surface area contributed by atoms with Crippen molar-refractivity contribution in [2.75, 3.05) is 6.54 Å². The Labute approximate surface area is 138 Å². The number of carbonyl (C=O) groups excluding carboxylic acids is 1. The number of rotatable bonds is 7. The standard InChI is InChI=1S/C19H27N3O/c23-19(11-6-9-16-7-2-1-3-8-16)20-13-12-17-15-22-14-5-4-10-18(22)21-17/h4-5,10,14-16H,1-3,6-9,11-13H2,(H,20,23). The fourth-order valence-electron chi connectivity index (χ4n) is 3.55. The Hall–Kier alpha value is -1.84. The van der Waals surface area contributed by atoms with Gasteiger partial charge in [0.15, 0.2) is 0 Å². The number of hydrogen-bond donors (Lipinski definition) is 1. The summed E-state index contributed by atoms with van der Waals surface area (Å²) in [6.45, 7) is 0.673. The van der Waals surface area contributed by atoms with Crippen molar-refractivity contribution in [2.45, 2.75) is 57.8 Å². The predicted octanol–water partition coefficient (Wildman–Crippen LogP) is 3.74. The molecule has 0 atom stereocenters. The Morgan fingerprint density at radius 1 is 1.26 bits per heavy atom. The molecular formula is C19H27N3O. The first-order valence-corrected chi connectivity index (χ1v) is 9.00. The molecule has 1 N–H and O–H groups in total. The van der Waals surface area contributed by atoms with Gasteiger partial charge < -0.3 is 9.72 Å². The fraction of sp³-hybridized carbons (Fsp3) is 0.579. The smallest absolute Gasteiger partial charge is 0.220 e. The molecule has 1 saturated carbocycles. The number of amides is 1. The highest BCUT2D eigenvalue weighted by Gasteiger charge is 2.13. The van der Waals surface area contributed by atoms with E-state index in [0.29, 0.717) is 13.0 Å². The van der Waals surface area contributed by atoms with Gasteiger partial charge in [-0.3, -0.25) is 4.79 Å². The third-order valence-corrected chi connectivity index (χ3v) is 4.86. The van der Waals surface area contributed by atoms with Crippen LogP contribution in [-0.4, -0.2) is 21.8 Å². The number of nitrogens with zero attached hydrogens (tertiary/aromatic N) is 2. The fourth-order valence-corrected chi connectivity index (χ4v) is 3.55. The Morgan fingerprint density at radius 2 is 2.13 bits per heavy atom. The van der Waals surface area contributed by atoms with Crippen LogP contribution in [0.15, 0.2) is 30.6 Å². The van der Waals surface area contributed by atoms with Crippen LogP contribution in [0.4, 0.5) is 0 Å².